The van der Waals surface area contributed by atoms with E-state index >= 15 is 0 Å². The number of hydrogen-bond acceptors (Lipinski definition) is 4. The predicted octanol–water partition coefficient (Wildman–Crippen LogP) is 0.812. The van der Waals surface area contributed by atoms with Crippen LogP contribution in [-0.4, -0.2) is 58.3 Å². The Morgan fingerprint density at radius 3 is 2.43 bits per heavy atom. The maximum Gasteiger partial charge on any atom is 0.208 e. The molecule has 0 aromatic rings. The van der Waals surface area contributed by atoms with Crippen LogP contribution in [0.1, 0.15) is 32.1 Å². The highest BCUT2D eigenvalue weighted by Gasteiger charge is 2.45. The Morgan fingerprint density at radius 2 is 1.90 bits per heavy atom. The van der Waals surface area contributed by atoms with Gasteiger partial charge in [0, 0.05) is 25.7 Å². The first kappa shape index (κ1) is 17.5. The molecule has 5 nitrogen and oxygen atoms in total. The van der Waals surface area contributed by atoms with Gasteiger partial charge in [-0.1, -0.05) is 0 Å². The third-order valence-corrected chi connectivity index (χ3v) is 5.99. The van der Waals surface area contributed by atoms with E-state index in [0.717, 1.165) is 18.8 Å². The molecule has 3 aliphatic rings. The van der Waals surface area contributed by atoms with Crippen LogP contribution in [0.4, 0.5) is 0 Å². The monoisotopic (exact) mass is 337 g/mol. The molecule has 1 saturated carbocycles. The van der Waals surface area contributed by atoms with E-state index in [2.05, 4.69) is 14.9 Å². The molecule has 21 heavy (non-hydrogen) atoms. The normalized spacial score (nSPS) is 30.0. The first-order chi connectivity index (χ1) is 9.44. The lowest BCUT2D eigenvalue weighted by atomic mass is 9.67. The van der Waals surface area contributed by atoms with E-state index in [1.165, 1.54) is 58.2 Å². The van der Waals surface area contributed by atoms with E-state index in [0.29, 0.717) is 5.41 Å². The molecule has 0 unspecified atom stereocenters. The Bertz CT molecular complexity index is 435. The molecule has 124 valence electrons. The van der Waals surface area contributed by atoms with Crippen LogP contribution in [0.3, 0.4) is 0 Å². The molecule has 2 heterocycles. The average Bonchev–Trinajstić information content (AvgIpc) is 2.80. The number of hydrogen-bond donors (Lipinski definition) is 2. The highest BCUT2D eigenvalue weighted by atomic mass is 35.5. The van der Waals surface area contributed by atoms with Crippen molar-refractivity contribution >= 4 is 22.4 Å². The van der Waals surface area contributed by atoms with Gasteiger partial charge in [0.15, 0.2) is 0 Å². The SMILES string of the molecule is CS(=O)(=O)NC1CCC2(CC1)CN(C[C@H]1CCNC1)C2.Cl. The number of sulfonamides is 1. The minimum absolute atomic E-state index is 0. The number of likely N-dealkylation sites (tertiary alicyclic amines) is 1. The topological polar surface area (TPSA) is 61.4 Å². The standard InChI is InChI=1S/C14H27N3O2S.ClH/c1-20(18,19)16-13-2-5-14(6-3-13)10-17(11-14)9-12-4-7-15-8-12;/h12-13,15-16H,2-11H2,1H3;1H/t12-;/m0./s1. The van der Waals surface area contributed by atoms with Gasteiger partial charge in [0.1, 0.15) is 0 Å². The molecular formula is C14H28ClN3O2S. The van der Waals surface area contributed by atoms with Gasteiger partial charge >= 0.3 is 0 Å². The lowest BCUT2D eigenvalue weighted by molar-refractivity contribution is -0.0387. The lowest BCUT2D eigenvalue weighted by Crippen LogP contribution is -2.59. The predicted molar refractivity (Wildman–Crippen MR) is 87.3 cm³/mol. The molecule has 0 radical (unpaired) electrons. The Balaban J connectivity index is 0.00000161. The van der Waals surface area contributed by atoms with Crippen LogP contribution in [0.2, 0.25) is 0 Å². The summed E-state index contributed by atoms with van der Waals surface area (Å²) in [6.07, 6.45) is 6.96. The molecule has 2 aliphatic heterocycles. The van der Waals surface area contributed by atoms with Gasteiger partial charge in [0.25, 0.3) is 0 Å². The molecule has 0 aromatic carbocycles. The second kappa shape index (κ2) is 6.71. The first-order valence-corrected chi connectivity index (χ1v) is 9.74. The summed E-state index contributed by atoms with van der Waals surface area (Å²) in [7, 11) is -3.04. The van der Waals surface area contributed by atoms with Crippen LogP contribution in [-0.2, 0) is 10.0 Å². The van der Waals surface area contributed by atoms with Crippen molar-refractivity contribution in [2.24, 2.45) is 11.3 Å². The van der Waals surface area contributed by atoms with Crippen LogP contribution >= 0.6 is 12.4 Å². The van der Waals surface area contributed by atoms with Crippen molar-refractivity contribution in [1.82, 2.24) is 14.9 Å². The largest absolute Gasteiger partial charge is 0.316 e. The summed E-state index contributed by atoms with van der Waals surface area (Å²) in [5.41, 5.74) is 0.502. The summed E-state index contributed by atoms with van der Waals surface area (Å²) in [5, 5.41) is 3.43. The van der Waals surface area contributed by atoms with Crippen LogP contribution in [0.25, 0.3) is 0 Å². The van der Waals surface area contributed by atoms with Gasteiger partial charge in [-0.2, -0.15) is 0 Å². The summed E-state index contributed by atoms with van der Waals surface area (Å²) >= 11 is 0. The molecule has 0 aromatic heterocycles. The van der Waals surface area contributed by atoms with Gasteiger partial charge in [-0.3, -0.25) is 0 Å². The third kappa shape index (κ3) is 4.55. The summed E-state index contributed by atoms with van der Waals surface area (Å²) < 4.78 is 25.3. The van der Waals surface area contributed by atoms with E-state index in [9.17, 15) is 8.42 Å². The van der Waals surface area contributed by atoms with Crippen LogP contribution < -0.4 is 10.0 Å². The van der Waals surface area contributed by atoms with E-state index in [1.54, 1.807) is 0 Å². The Morgan fingerprint density at radius 1 is 1.24 bits per heavy atom. The summed E-state index contributed by atoms with van der Waals surface area (Å²) in [6.45, 7) is 6.08. The molecule has 1 spiro atoms. The summed E-state index contributed by atoms with van der Waals surface area (Å²) in [4.78, 5) is 2.60. The van der Waals surface area contributed by atoms with E-state index in [1.807, 2.05) is 0 Å². The zero-order valence-electron chi connectivity index (χ0n) is 12.8. The maximum atomic E-state index is 11.3. The van der Waals surface area contributed by atoms with Crippen molar-refractivity contribution in [3.05, 3.63) is 0 Å². The van der Waals surface area contributed by atoms with E-state index in [4.69, 9.17) is 0 Å². The average molecular weight is 338 g/mol. The minimum atomic E-state index is -3.04. The van der Waals surface area contributed by atoms with Gasteiger partial charge in [-0.05, 0) is 56.5 Å². The molecule has 3 rings (SSSR count). The maximum absolute atomic E-state index is 11.3. The van der Waals surface area contributed by atoms with Crippen molar-refractivity contribution in [1.29, 1.82) is 0 Å². The number of halogens is 1. The third-order valence-electron chi connectivity index (χ3n) is 5.22. The zero-order chi connectivity index (χ0) is 14.2. The number of rotatable bonds is 4. The Hall–Kier alpha value is 0.120. The second-order valence-corrected chi connectivity index (χ2v) is 8.97. The lowest BCUT2D eigenvalue weighted by Gasteiger charge is -2.54. The molecule has 3 fully saturated rings. The van der Waals surface area contributed by atoms with Crippen LogP contribution in [0, 0.1) is 11.3 Å². The molecule has 2 N–H and O–H groups in total. The van der Waals surface area contributed by atoms with Gasteiger partial charge in [0.2, 0.25) is 10.0 Å². The Kier molecular flexibility index (Phi) is 5.58. The zero-order valence-corrected chi connectivity index (χ0v) is 14.4. The molecule has 1 atom stereocenters. The molecular weight excluding hydrogens is 310 g/mol. The van der Waals surface area contributed by atoms with Gasteiger partial charge in [0.05, 0.1) is 6.26 Å². The van der Waals surface area contributed by atoms with Gasteiger partial charge in [-0.15, -0.1) is 12.4 Å². The van der Waals surface area contributed by atoms with Crippen molar-refractivity contribution in [3.63, 3.8) is 0 Å². The highest BCUT2D eigenvalue weighted by molar-refractivity contribution is 7.88. The van der Waals surface area contributed by atoms with Crippen molar-refractivity contribution in [2.75, 3.05) is 39.0 Å². The second-order valence-electron chi connectivity index (χ2n) is 7.19. The van der Waals surface area contributed by atoms with E-state index in [-0.39, 0.29) is 18.4 Å². The van der Waals surface area contributed by atoms with E-state index < -0.39 is 10.0 Å². The molecule has 2 saturated heterocycles. The number of nitrogens with one attached hydrogen (secondary N) is 2. The van der Waals surface area contributed by atoms with Crippen molar-refractivity contribution in [2.45, 2.75) is 38.1 Å². The molecule has 1 aliphatic carbocycles. The molecule has 0 amide bonds. The van der Waals surface area contributed by atoms with Crippen molar-refractivity contribution in [3.8, 4) is 0 Å². The quantitative estimate of drug-likeness (QED) is 0.797. The van der Waals surface area contributed by atoms with Crippen LogP contribution in [0.5, 0.6) is 0 Å². The van der Waals surface area contributed by atoms with Crippen LogP contribution in [0.15, 0.2) is 0 Å². The fourth-order valence-electron chi connectivity index (χ4n) is 4.23. The summed E-state index contributed by atoms with van der Waals surface area (Å²) in [6, 6.07) is 0.170. The summed E-state index contributed by atoms with van der Waals surface area (Å²) in [5.74, 6) is 0.843. The molecule has 7 heteroatoms. The highest BCUT2D eigenvalue weighted by Crippen LogP contribution is 2.44. The smallest absolute Gasteiger partial charge is 0.208 e. The Labute approximate surface area is 134 Å². The van der Waals surface area contributed by atoms with Crippen molar-refractivity contribution < 1.29 is 8.42 Å². The fourth-order valence-corrected chi connectivity index (χ4v) is 5.08. The van der Waals surface area contributed by atoms with Gasteiger partial charge in [-0.25, -0.2) is 13.1 Å². The minimum Gasteiger partial charge on any atom is -0.316 e. The molecule has 0 bridgehead atoms. The fraction of sp³-hybridized carbons (Fsp3) is 1.00. The first-order valence-electron chi connectivity index (χ1n) is 7.85. The number of nitrogens with zero attached hydrogens (tertiary/aromatic N) is 1. The van der Waals surface area contributed by atoms with Gasteiger partial charge < -0.3 is 10.2 Å².